The van der Waals surface area contributed by atoms with E-state index in [1.165, 1.54) is 11.6 Å². The van der Waals surface area contributed by atoms with Crippen molar-refractivity contribution in [2.24, 2.45) is 14.1 Å². The van der Waals surface area contributed by atoms with Gasteiger partial charge in [0, 0.05) is 25.3 Å². The molecule has 0 spiro atoms. The Kier molecular flexibility index (Phi) is 6.15. The number of aromatic nitrogens is 4. The van der Waals surface area contributed by atoms with Gasteiger partial charge in [0.25, 0.3) is 5.56 Å². The minimum absolute atomic E-state index is 0.0413. The number of benzene rings is 2. The van der Waals surface area contributed by atoms with Crippen molar-refractivity contribution in [2.75, 3.05) is 11.1 Å². The number of rotatable bonds is 5. The predicted octanol–water partition coefficient (Wildman–Crippen LogP) is 3.04. The number of nitrogens with zero attached hydrogens (tertiary/aromatic N) is 4. The number of fused-ring (bicyclic) bond motifs is 1. The third kappa shape index (κ3) is 4.45. The first-order valence-corrected chi connectivity index (χ1v) is 11.3. The number of amides is 1. The number of anilines is 1. The molecule has 0 unspecified atom stereocenters. The Labute approximate surface area is 194 Å². The lowest BCUT2D eigenvalue weighted by Crippen LogP contribution is -2.37. The molecule has 168 valence electrons. The van der Waals surface area contributed by atoms with Crippen molar-refractivity contribution in [3.05, 3.63) is 80.5 Å². The number of carbonyl (C=O) groups is 1. The highest BCUT2D eigenvalue weighted by atomic mass is 32.2. The van der Waals surface area contributed by atoms with Crippen LogP contribution in [0.4, 0.5) is 5.69 Å². The van der Waals surface area contributed by atoms with Crippen LogP contribution in [-0.4, -0.2) is 30.8 Å². The van der Waals surface area contributed by atoms with Crippen molar-refractivity contribution in [3.8, 4) is 11.4 Å². The molecule has 8 nitrogen and oxygen atoms in total. The van der Waals surface area contributed by atoms with Crippen LogP contribution in [0.15, 0.2) is 63.1 Å². The number of hydrogen-bond acceptors (Lipinski definition) is 6. The molecule has 2 heterocycles. The molecule has 4 rings (SSSR count). The summed E-state index contributed by atoms with van der Waals surface area (Å²) in [6.07, 6.45) is 0. The Morgan fingerprint density at radius 1 is 1.00 bits per heavy atom. The number of hydrogen-bond donors (Lipinski definition) is 1. The molecule has 0 aliphatic carbocycles. The number of aryl methyl sites for hydroxylation is 3. The second-order valence-electron chi connectivity index (χ2n) is 7.78. The average Bonchev–Trinajstić information content (AvgIpc) is 2.81. The Morgan fingerprint density at radius 2 is 1.73 bits per heavy atom. The maximum Gasteiger partial charge on any atom is 0.332 e. The zero-order valence-corrected chi connectivity index (χ0v) is 19.6. The highest BCUT2D eigenvalue weighted by Crippen LogP contribution is 2.26. The van der Waals surface area contributed by atoms with Crippen molar-refractivity contribution in [2.45, 2.75) is 18.9 Å². The van der Waals surface area contributed by atoms with E-state index in [1.807, 2.05) is 62.4 Å². The van der Waals surface area contributed by atoms with E-state index in [4.69, 9.17) is 0 Å². The van der Waals surface area contributed by atoms with Gasteiger partial charge in [-0.25, -0.2) is 14.8 Å². The zero-order valence-electron chi connectivity index (χ0n) is 18.7. The Bertz CT molecular complexity index is 1490. The summed E-state index contributed by atoms with van der Waals surface area (Å²) in [5.74, 6) is 0.199. The van der Waals surface area contributed by atoms with Crippen LogP contribution in [0.2, 0.25) is 0 Å². The van der Waals surface area contributed by atoms with Gasteiger partial charge in [-0.3, -0.25) is 18.7 Å². The number of nitrogens with one attached hydrogen (secondary N) is 1. The number of carbonyl (C=O) groups excluding carboxylic acids is 1. The highest BCUT2D eigenvalue weighted by Gasteiger charge is 2.19. The van der Waals surface area contributed by atoms with E-state index in [2.05, 4.69) is 15.3 Å². The quantitative estimate of drug-likeness (QED) is 0.362. The van der Waals surface area contributed by atoms with Gasteiger partial charge < -0.3 is 5.32 Å². The Hall–Kier alpha value is -3.72. The van der Waals surface area contributed by atoms with Crippen molar-refractivity contribution in [1.29, 1.82) is 0 Å². The van der Waals surface area contributed by atoms with Crippen LogP contribution >= 0.6 is 11.8 Å². The van der Waals surface area contributed by atoms with Crippen LogP contribution in [0.1, 0.15) is 11.1 Å². The summed E-state index contributed by atoms with van der Waals surface area (Å²) in [5.41, 5.74) is 2.82. The van der Waals surface area contributed by atoms with Crippen LogP contribution in [0, 0.1) is 13.8 Å². The van der Waals surface area contributed by atoms with E-state index < -0.39 is 11.2 Å². The molecule has 2 aromatic carbocycles. The van der Waals surface area contributed by atoms with Crippen molar-refractivity contribution < 1.29 is 4.79 Å². The monoisotopic (exact) mass is 461 g/mol. The first-order chi connectivity index (χ1) is 15.8. The van der Waals surface area contributed by atoms with Gasteiger partial charge in [0.2, 0.25) is 5.91 Å². The lowest BCUT2D eigenvalue weighted by atomic mass is 10.1. The maximum atomic E-state index is 12.9. The first-order valence-electron chi connectivity index (χ1n) is 10.3. The summed E-state index contributed by atoms with van der Waals surface area (Å²) < 4.78 is 2.35. The van der Waals surface area contributed by atoms with Gasteiger partial charge in [0.1, 0.15) is 10.4 Å². The molecule has 0 atom stereocenters. The second-order valence-corrected chi connectivity index (χ2v) is 8.74. The fourth-order valence-corrected chi connectivity index (χ4v) is 4.34. The summed E-state index contributed by atoms with van der Waals surface area (Å²) in [4.78, 5) is 47.2. The van der Waals surface area contributed by atoms with Gasteiger partial charge in [0.15, 0.2) is 11.5 Å². The van der Waals surface area contributed by atoms with Crippen LogP contribution in [0.25, 0.3) is 22.4 Å². The van der Waals surface area contributed by atoms with Crippen LogP contribution in [0.5, 0.6) is 0 Å². The van der Waals surface area contributed by atoms with Gasteiger partial charge in [-0.1, -0.05) is 59.8 Å². The molecule has 2 aromatic heterocycles. The average molecular weight is 462 g/mol. The predicted molar refractivity (Wildman–Crippen MR) is 131 cm³/mol. The molecule has 1 N–H and O–H groups in total. The standard InChI is InChI=1S/C24H23N5O3S/c1-14-10-11-17(15(2)12-14)25-18(30)13-33-22-19-21(28(3)24(32)29(4)23(19)31)26-20(27-22)16-8-6-5-7-9-16/h5-12H,13H2,1-4H3,(H,25,30). The molecule has 9 heteroatoms. The third-order valence-electron chi connectivity index (χ3n) is 5.29. The van der Waals surface area contributed by atoms with Crippen LogP contribution < -0.4 is 16.6 Å². The lowest BCUT2D eigenvalue weighted by Gasteiger charge is -2.12. The molecule has 4 aromatic rings. The topological polar surface area (TPSA) is 98.9 Å². The Balaban J connectivity index is 1.74. The maximum absolute atomic E-state index is 12.9. The molecule has 0 bridgehead atoms. The molecule has 0 aliphatic heterocycles. The second kappa shape index (κ2) is 9.03. The summed E-state index contributed by atoms with van der Waals surface area (Å²) >= 11 is 1.14. The van der Waals surface area contributed by atoms with Crippen LogP contribution in [-0.2, 0) is 18.9 Å². The SMILES string of the molecule is Cc1ccc(NC(=O)CSc2nc(-c3ccccc3)nc3c2c(=O)n(C)c(=O)n3C)c(C)c1. The van der Waals surface area contributed by atoms with Gasteiger partial charge in [-0.15, -0.1) is 0 Å². The molecule has 1 amide bonds. The van der Waals surface area contributed by atoms with Crippen molar-refractivity contribution in [3.63, 3.8) is 0 Å². The molecule has 0 fully saturated rings. The fraction of sp³-hybridized carbons (Fsp3) is 0.208. The van der Waals surface area contributed by atoms with Crippen LogP contribution in [0.3, 0.4) is 0 Å². The lowest BCUT2D eigenvalue weighted by molar-refractivity contribution is -0.113. The minimum Gasteiger partial charge on any atom is -0.325 e. The molecule has 0 saturated carbocycles. The largest absolute Gasteiger partial charge is 0.332 e. The van der Waals surface area contributed by atoms with Gasteiger partial charge in [0.05, 0.1) is 5.75 Å². The Morgan fingerprint density at radius 3 is 2.42 bits per heavy atom. The summed E-state index contributed by atoms with van der Waals surface area (Å²) in [5, 5.41) is 3.47. The van der Waals surface area contributed by atoms with E-state index in [0.29, 0.717) is 10.9 Å². The molecular weight excluding hydrogens is 438 g/mol. The van der Waals surface area contributed by atoms with Crippen molar-refractivity contribution in [1.82, 2.24) is 19.1 Å². The molecular formula is C24H23N5O3S. The summed E-state index contributed by atoms with van der Waals surface area (Å²) in [6, 6.07) is 15.1. The molecule has 0 aliphatic rings. The molecule has 0 saturated heterocycles. The van der Waals surface area contributed by atoms with E-state index in [9.17, 15) is 14.4 Å². The first kappa shape index (κ1) is 22.5. The minimum atomic E-state index is -0.495. The van der Waals surface area contributed by atoms with E-state index in [-0.39, 0.29) is 22.7 Å². The summed E-state index contributed by atoms with van der Waals surface area (Å²) in [7, 11) is 2.98. The third-order valence-corrected chi connectivity index (χ3v) is 6.27. The molecule has 33 heavy (non-hydrogen) atoms. The molecule has 0 radical (unpaired) electrons. The van der Waals surface area contributed by atoms with E-state index >= 15 is 0 Å². The normalized spacial score (nSPS) is 11.0. The fourth-order valence-electron chi connectivity index (χ4n) is 3.52. The number of thioether (sulfide) groups is 1. The van der Waals surface area contributed by atoms with E-state index in [0.717, 1.165) is 38.7 Å². The van der Waals surface area contributed by atoms with Gasteiger partial charge >= 0.3 is 5.69 Å². The van der Waals surface area contributed by atoms with Gasteiger partial charge in [-0.2, -0.15) is 0 Å². The highest BCUT2D eigenvalue weighted by molar-refractivity contribution is 8.00. The zero-order chi connectivity index (χ0) is 23.7. The van der Waals surface area contributed by atoms with Crippen molar-refractivity contribution >= 4 is 34.4 Å². The summed E-state index contributed by atoms with van der Waals surface area (Å²) in [6.45, 7) is 3.93. The van der Waals surface area contributed by atoms with Gasteiger partial charge in [-0.05, 0) is 25.5 Å². The smallest absolute Gasteiger partial charge is 0.325 e. The van der Waals surface area contributed by atoms with E-state index in [1.54, 1.807) is 7.05 Å².